The second-order valence-corrected chi connectivity index (χ2v) is 4.60. The highest BCUT2D eigenvalue weighted by atomic mass is 35.5. The summed E-state index contributed by atoms with van der Waals surface area (Å²) in [5.74, 6) is 1.33. The second-order valence-electron chi connectivity index (χ2n) is 4.20. The van der Waals surface area contributed by atoms with E-state index in [-0.39, 0.29) is 0 Å². The van der Waals surface area contributed by atoms with Gasteiger partial charge in [0.2, 0.25) is 0 Å². The van der Waals surface area contributed by atoms with Gasteiger partial charge in [0.1, 0.15) is 0 Å². The van der Waals surface area contributed by atoms with Gasteiger partial charge in [-0.1, -0.05) is 11.6 Å². The number of ether oxygens (including phenoxy) is 2. The van der Waals surface area contributed by atoms with Crippen LogP contribution in [0.25, 0.3) is 0 Å². The van der Waals surface area contributed by atoms with Crippen molar-refractivity contribution in [2.75, 3.05) is 13.7 Å². The Morgan fingerprint density at radius 1 is 1.41 bits per heavy atom. The van der Waals surface area contributed by atoms with Crippen molar-refractivity contribution in [3.05, 3.63) is 22.7 Å². The molecule has 4 heteroatoms. The maximum absolute atomic E-state index is 6.19. The summed E-state index contributed by atoms with van der Waals surface area (Å²) in [6.45, 7) is 3.33. The number of benzene rings is 1. The highest BCUT2D eigenvalue weighted by Crippen LogP contribution is 2.36. The number of hydrogen-bond acceptors (Lipinski definition) is 3. The van der Waals surface area contributed by atoms with E-state index in [9.17, 15) is 0 Å². The molecule has 1 aliphatic rings. The van der Waals surface area contributed by atoms with Crippen molar-refractivity contribution < 1.29 is 9.47 Å². The fraction of sp³-hybridized carbons (Fsp3) is 0.538. The third-order valence-corrected chi connectivity index (χ3v) is 3.03. The van der Waals surface area contributed by atoms with Gasteiger partial charge in [0, 0.05) is 12.6 Å². The molecule has 3 nitrogen and oxygen atoms in total. The van der Waals surface area contributed by atoms with E-state index >= 15 is 0 Å². The van der Waals surface area contributed by atoms with Gasteiger partial charge in [-0.05, 0) is 37.5 Å². The molecular weight excluding hydrogens is 238 g/mol. The van der Waals surface area contributed by atoms with Crippen LogP contribution in [0.15, 0.2) is 12.1 Å². The topological polar surface area (TPSA) is 30.5 Å². The molecule has 1 aromatic rings. The fourth-order valence-electron chi connectivity index (χ4n) is 1.71. The van der Waals surface area contributed by atoms with Crippen molar-refractivity contribution in [3.63, 3.8) is 0 Å². The van der Waals surface area contributed by atoms with Gasteiger partial charge >= 0.3 is 0 Å². The molecule has 1 aliphatic carbocycles. The molecule has 0 spiro atoms. The van der Waals surface area contributed by atoms with E-state index in [0.717, 1.165) is 12.1 Å². The molecule has 17 heavy (non-hydrogen) atoms. The molecule has 0 atom stereocenters. The zero-order valence-electron chi connectivity index (χ0n) is 10.3. The highest BCUT2D eigenvalue weighted by Gasteiger charge is 2.20. The van der Waals surface area contributed by atoms with Crippen LogP contribution < -0.4 is 14.8 Å². The molecule has 94 valence electrons. The van der Waals surface area contributed by atoms with E-state index in [1.807, 2.05) is 19.1 Å². The normalized spacial score (nSPS) is 14.8. The van der Waals surface area contributed by atoms with Crippen molar-refractivity contribution in [2.24, 2.45) is 0 Å². The standard InChI is InChI=1S/C13H18ClNO2/c1-3-17-13-11(14)6-9(7-12(13)16-2)8-15-10-4-5-10/h6-7,10,15H,3-5,8H2,1-2H3. The van der Waals surface area contributed by atoms with E-state index in [1.165, 1.54) is 12.8 Å². The monoisotopic (exact) mass is 255 g/mol. The van der Waals surface area contributed by atoms with Crippen LogP contribution in [0.1, 0.15) is 25.3 Å². The molecule has 0 aromatic heterocycles. The third kappa shape index (κ3) is 3.27. The number of rotatable bonds is 6. The smallest absolute Gasteiger partial charge is 0.179 e. The molecule has 1 saturated carbocycles. The molecule has 1 fully saturated rings. The van der Waals surface area contributed by atoms with Crippen molar-refractivity contribution in [1.29, 1.82) is 0 Å². The third-order valence-electron chi connectivity index (χ3n) is 2.75. The Labute approximate surface area is 107 Å². The molecule has 1 aromatic carbocycles. The van der Waals surface area contributed by atoms with Gasteiger partial charge in [-0.2, -0.15) is 0 Å². The van der Waals surface area contributed by atoms with Gasteiger partial charge < -0.3 is 14.8 Å². The minimum atomic E-state index is 0.579. The average molecular weight is 256 g/mol. The summed E-state index contributed by atoms with van der Waals surface area (Å²) in [6.07, 6.45) is 2.56. The Balaban J connectivity index is 2.13. The summed E-state index contributed by atoms with van der Waals surface area (Å²) in [5, 5.41) is 4.06. The van der Waals surface area contributed by atoms with Crippen molar-refractivity contribution in [1.82, 2.24) is 5.32 Å². The molecular formula is C13H18ClNO2. The molecule has 0 heterocycles. The first-order valence-corrected chi connectivity index (χ1v) is 6.35. The van der Waals surface area contributed by atoms with Crippen LogP contribution >= 0.6 is 11.6 Å². The van der Waals surface area contributed by atoms with Crippen LogP contribution in [0.5, 0.6) is 11.5 Å². The predicted octanol–water partition coefficient (Wildman–Crippen LogP) is 3.00. The lowest BCUT2D eigenvalue weighted by Crippen LogP contribution is -2.15. The van der Waals surface area contributed by atoms with Crippen LogP contribution in [-0.4, -0.2) is 19.8 Å². The summed E-state index contributed by atoms with van der Waals surface area (Å²) in [5.41, 5.74) is 1.13. The van der Waals surface area contributed by atoms with Crippen LogP contribution in [0, 0.1) is 0 Å². The zero-order valence-corrected chi connectivity index (χ0v) is 11.0. The maximum atomic E-state index is 6.19. The van der Waals surface area contributed by atoms with Crippen LogP contribution in [0.2, 0.25) is 5.02 Å². The van der Waals surface area contributed by atoms with Crippen molar-refractivity contribution in [2.45, 2.75) is 32.4 Å². The second kappa shape index (κ2) is 5.61. The Morgan fingerprint density at radius 3 is 2.76 bits per heavy atom. The maximum Gasteiger partial charge on any atom is 0.179 e. The van der Waals surface area contributed by atoms with Gasteiger partial charge in [-0.3, -0.25) is 0 Å². The minimum absolute atomic E-state index is 0.579. The largest absolute Gasteiger partial charge is 0.493 e. The summed E-state index contributed by atoms with van der Waals surface area (Å²) in [6, 6.07) is 4.60. The Kier molecular flexibility index (Phi) is 4.13. The van der Waals surface area contributed by atoms with Gasteiger partial charge in [0.15, 0.2) is 11.5 Å². The summed E-state index contributed by atoms with van der Waals surface area (Å²) >= 11 is 6.19. The lowest BCUT2D eigenvalue weighted by atomic mass is 10.2. The molecule has 0 amide bonds. The minimum Gasteiger partial charge on any atom is -0.493 e. The first-order valence-electron chi connectivity index (χ1n) is 5.97. The number of halogens is 1. The Hall–Kier alpha value is -0.930. The zero-order chi connectivity index (χ0) is 12.3. The SMILES string of the molecule is CCOc1c(Cl)cc(CNC2CC2)cc1OC. The van der Waals surface area contributed by atoms with E-state index in [2.05, 4.69) is 5.32 Å². The first-order chi connectivity index (χ1) is 8.24. The molecule has 0 radical (unpaired) electrons. The lowest BCUT2D eigenvalue weighted by Gasteiger charge is -2.13. The van der Waals surface area contributed by atoms with E-state index < -0.39 is 0 Å². The van der Waals surface area contributed by atoms with Crippen LogP contribution in [0.3, 0.4) is 0 Å². The highest BCUT2D eigenvalue weighted by molar-refractivity contribution is 6.32. The van der Waals surface area contributed by atoms with Gasteiger partial charge in [0.05, 0.1) is 18.7 Å². The Morgan fingerprint density at radius 2 is 2.18 bits per heavy atom. The van der Waals surface area contributed by atoms with Crippen molar-refractivity contribution in [3.8, 4) is 11.5 Å². The summed E-state index contributed by atoms with van der Waals surface area (Å²) < 4.78 is 10.8. The van der Waals surface area contributed by atoms with E-state index in [0.29, 0.717) is 29.2 Å². The Bertz CT molecular complexity index is 391. The molecule has 0 saturated heterocycles. The lowest BCUT2D eigenvalue weighted by molar-refractivity contribution is 0.311. The fourth-order valence-corrected chi connectivity index (χ4v) is 2.00. The summed E-state index contributed by atoms with van der Waals surface area (Å²) in [7, 11) is 1.63. The van der Waals surface area contributed by atoms with Crippen molar-refractivity contribution >= 4 is 11.6 Å². The van der Waals surface area contributed by atoms with Crippen LogP contribution in [-0.2, 0) is 6.54 Å². The first kappa shape index (κ1) is 12.5. The van der Waals surface area contributed by atoms with E-state index in [1.54, 1.807) is 7.11 Å². The number of methoxy groups -OCH3 is 1. The number of hydrogen-bond donors (Lipinski definition) is 1. The molecule has 0 bridgehead atoms. The van der Waals surface area contributed by atoms with E-state index in [4.69, 9.17) is 21.1 Å². The average Bonchev–Trinajstić information content (AvgIpc) is 3.13. The molecule has 0 aliphatic heterocycles. The number of nitrogens with one attached hydrogen (secondary N) is 1. The molecule has 0 unspecified atom stereocenters. The summed E-state index contributed by atoms with van der Waals surface area (Å²) in [4.78, 5) is 0. The van der Waals surface area contributed by atoms with Gasteiger partial charge in [-0.25, -0.2) is 0 Å². The molecule has 2 rings (SSSR count). The predicted molar refractivity (Wildman–Crippen MR) is 69.0 cm³/mol. The van der Waals surface area contributed by atoms with Gasteiger partial charge in [0.25, 0.3) is 0 Å². The quantitative estimate of drug-likeness (QED) is 0.848. The van der Waals surface area contributed by atoms with Gasteiger partial charge in [-0.15, -0.1) is 0 Å². The molecule has 1 N–H and O–H groups in total. The van der Waals surface area contributed by atoms with Crippen LogP contribution in [0.4, 0.5) is 0 Å².